The molecule has 17 heavy (non-hydrogen) atoms. The lowest BCUT2D eigenvalue weighted by molar-refractivity contribution is 0.0935. The van der Waals surface area contributed by atoms with Gasteiger partial charge in [-0.3, -0.25) is 9.89 Å². The molecule has 0 fully saturated rings. The molecule has 0 spiro atoms. The van der Waals surface area contributed by atoms with Gasteiger partial charge in [0.2, 0.25) is 0 Å². The number of nitrogens with one attached hydrogen (secondary N) is 2. The van der Waals surface area contributed by atoms with Crippen molar-refractivity contribution in [2.75, 3.05) is 0 Å². The largest absolute Gasteiger partial charge is 0.344 e. The second-order valence-electron chi connectivity index (χ2n) is 3.59. The fourth-order valence-corrected chi connectivity index (χ4v) is 1.47. The van der Waals surface area contributed by atoms with E-state index in [4.69, 9.17) is 11.6 Å². The lowest BCUT2D eigenvalue weighted by Gasteiger charge is -2.11. The van der Waals surface area contributed by atoms with Crippen molar-refractivity contribution in [1.82, 2.24) is 20.5 Å². The summed E-state index contributed by atoms with van der Waals surface area (Å²) in [4.78, 5) is 15.8. The van der Waals surface area contributed by atoms with Crippen molar-refractivity contribution < 1.29 is 4.79 Å². The Morgan fingerprint density at radius 1 is 1.47 bits per heavy atom. The Hall–Kier alpha value is -1.88. The van der Waals surface area contributed by atoms with Crippen LogP contribution in [-0.4, -0.2) is 21.1 Å². The molecule has 2 heterocycles. The number of aromatic amines is 1. The molecular formula is C11H11ClN4O. The van der Waals surface area contributed by atoms with Gasteiger partial charge in [0, 0.05) is 18.0 Å². The van der Waals surface area contributed by atoms with Crippen LogP contribution < -0.4 is 5.32 Å². The van der Waals surface area contributed by atoms with E-state index in [9.17, 15) is 4.79 Å². The molecule has 1 atom stereocenters. The summed E-state index contributed by atoms with van der Waals surface area (Å²) in [6.07, 6.45) is 4.85. The smallest absolute Gasteiger partial charge is 0.270 e. The van der Waals surface area contributed by atoms with Crippen LogP contribution in [0.2, 0.25) is 5.02 Å². The molecule has 5 nitrogen and oxygen atoms in total. The zero-order valence-electron chi connectivity index (χ0n) is 9.14. The minimum absolute atomic E-state index is 0.126. The maximum absolute atomic E-state index is 11.8. The molecule has 2 rings (SSSR count). The summed E-state index contributed by atoms with van der Waals surface area (Å²) in [6.45, 7) is 1.87. The highest BCUT2D eigenvalue weighted by Crippen LogP contribution is 2.11. The average molecular weight is 251 g/mol. The molecule has 0 saturated heterocycles. The summed E-state index contributed by atoms with van der Waals surface area (Å²) in [7, 11) is 0. The lowest BCUT2D eigenvalue weighted by atomic mass is 10.2. The monoisotopic (exact) mass is 250 g/mol. The van der Waals surface area contributed by atoms with E-state index in [1.807, 2.05) is 6.92 Å². The molecule has 1 unspecified atom stereocenters. The van der Waals surface area contributed by atoms with Crippen LogP contribution in [0.4, 0.5) is 0 Å². The van der Waals surface area contributed by atoms with Gasteiger partial charge in [-0.1, -0.05) is 11.6 Å². The van der Waals surface area contributed by atoms with Crippen LogP contribution in [-0.2, 0) is 0 Å². The highest BCUT2D eigenvalue weighted by molar-refractivity contribution is 6.30. The molecule has 0 saturated carbocycles. The van der Waals surface area contributed by atoms with Crippen LogP contribution in [0.3, 0.4) is 0 Å². The van der Waals surface area contributed by atoms with Gasteiger partial charge < -0.3 is 5.32 Å². The van der Waals surface area contributed by atoms with Gasteiger partial charge in [0.25, 0.3) is 5.91 Å². The Bertz CT molecular complexity index is 495. The number of hydrogen-bond donors (Lipinski definition) is 2. The fraction of sp³-hybridized carbons (Fsp3) is 0.182. The van der Waals surface area contributed by atoms with E-state index in [2.05, 4.69) is 20.5 Å². The van der Waals surface area contributed by atoms with Crippen molar-refractivity contribution in [2.24, 2.45) is 0 Å². The third-order valence-electron chi connectivity index (χ3n) is 2.33. The van der Waals surface area contributed by atoms with E-state index in [0.717, 1.165) is 5.56 Å². The van der Waals surface area contributed by atoms with Crippen molar-refractivity contribution in [2.45, 2.75) is 13.0 Å². The molecule has 88 valence electrons. The van der Waals surface area contributed by atoms with Crippen LogP contribution in [0.25, 0.3) is 0 Å². The van der Waals surface area contributed by atoms with Crippen molar-refractivity contribution in [1.29, 1.82) is 0 Å². The minimum atomic E-state index is -0.240. The predicted octanol–water partition coefficient (Wildman–Crippen LogP) is 1.95. The maximum atomic E-state index is 11.8. The van der Waals surface area contributed by atoms with Crippen LogP contribution >= 0.6 is 11.6 Å². The first-order valence-corrected chi connectivity index (χ1v) is 5.45. The van der Waals surface area contributed by atoms with Crippen LogP contribution in [0, 0.1) is 0 Å². The summed E-state index contributed by atoms with van der Waals surface area (Å²) in [6, 6.07) is 3.09. The second kappa shape index (κ2) is 4.97. The van der Waals surface area contributed by atoms with Crippen LogP contribution in [0.1, 0.15) is 29.0 Å². The van der Waals surface area contributed by atoms with Crippen molar-refractivity contribution >= 4 is 17.5 Å². The Labute approximate surface area is 103 Å². The van der Waals surface area contributed by atoms with E-state index >= 15 is 0 Å². The highest BCUT2D eigenvalue weighted by atomic mass is 35.5. The SMILES string of the molecule is CC(NC(=O)c1ccc(Cl)cn1)c1cn[nH]c1. The molecule has 0 aliphatic heterocycles. The van der Waals surface area contributed by atoms with E-state index in [-0.39, 0.29) is 11.9 Å². The molecule has 2 N–H and O–H groups in total. The number of H-pyrrole nitrogens is 1. The van der Waals surface area contributed by atoms with Crippen molar-refractivity contribution in [3.05, 3.63) is 47.0 Å². The van der Waals surface area contributed by atoms with Crippen molar-refractivity contribution in [3.63, 3.8) is 0 Å². The zero-order chi connectivity index (χ0) is 12.3. The minimum Gasteiger partial charge on any atom is -0.344 e. The summed E-state index contributed by atoms with van der Waals surface area (Å²) < 4.78 is 0. The van der Waals surface area contributed by atoms with Gasteiger partial charge in [-0.05, 0) is 19.1 Å². The fourth-order valence-electron chi connectivity index (χ4n) is 1.36. The maximum Gasteiger partial charge on any atom is 0.270 e. The molecule has 2 aromatic rings. The van der Waals surface area contributed by atoms with Crippen molar-refractivity contribution in [3.8, 4) is 0 Å². The third kappa shape index (κ3) is 2.82. The molecular weight excluding hydrogens is 240 g/mol. The molecule has 0 radical (unpaired) electrons. The van der Waals surface area contributed by atoms with E-state index in [0.29, 0.717) is 10.7 Å². The van der Waals surface area contributed by atoms with E-state index < -0.39 is 0 Å². The number of amides is 1. The van der Waals surface area contributed by atoms with Gasteiger partial charge in [-0.15, -0.1) is 0 Å². The van der Waals surface area contributed by atoms with Gasteiger partial charge >= 0.3 is 0 Å². The summed E-state index contributed by atoms with van der Waals surface area (Å²) >= 11 is 5.70. The first kappa shape index (κ1) is 11.6. The zero-order valence-corrected chi connectivity index (χ0v) is 9.90. The summed E-state index contributed by atoms with van der Waals surface area (Å²) in [5.41, 5.74) is 1.25. The van der Waals surface area contributed by atoms with Crippen LogP contribution in [0.5, 0.6) is 0 Å². The normalized spacial score (nSPS) is 12.1. The standard InChI is InChI=1S/C11H11ClN4O/c1-7(8-4-14-15-5-8)16-11(17)10-3-2-9(12)6-13-10/h2-7H,1H3,(H,14,15)(H,16,17). The quantitative estimate of drug-likeness (QED) is 0.875. The number of pyridine rings is 1. The third-order valence-corrected chi connectivity index (χ3v) is 2.55. The lowest BCUT2D eigenvalue weighted by Crippen LogP contribution is -2.27. The molecule has 0 bridgehead atoms. The Balaban J connectivity index is 2.04. The van der Waals surface area contributed by atoms with Gasteiger partial charge in [-0.25, -0.2) is 4.98 Å². The number of carbonyl (C=O) groups is 1. The molecule has 6 heteroatoms. The number of aromatic nitrogens is 3. The van der Waals surface area contributed by atoms with E-state index in [1.54, 1.807) is 24.5 Å². The Morgan fingerprint density at radius 3 is 2.88 bits per heavy atom. The second-order valence-corrected chi connectivity index (χ2v) is 4.02. The molecule has 0 aliphatic rings. The van der Waals surface area contributed by atoms with Gasteiger partial charge in [0.1, 0.15) is 5.69 Å². The van der Waals surface area contributed by atoms with Gasteiger partial charge in [-0.2, -0.15) is 5.10 Å². The number of nitrogens with zero attached hydrogens (tertiary/aromatic N) is 2. The molecule has 0 aliphatic carbocycles. The number of carbonyl (C=O) groups excluding carboxylic acids is 1. The Morgan fingerprint density at radius 2 is 2.29 bits per heavy atom. The Kier molecular flexibility index (Phi) is 3.39. The first-order valence-electron chi connectivity index (χ1n) is 5.08. The average Bonchev–Trinajstić information content (AvgIpc) is 2.83. The summed E-state index contributed by atoms with van der Waals surface area (Å²) in [5, 5.41) is 9.84. The molecule has 1 amide bonds. The topological polar surface area (TPSA) is 70.7 Å². The highest BCUT2D eigenvalue weighted by Gasteiger charge is 2.12. The van der Waals surface area contributed by atoms with Gasteiger partial charge in [0.15, 0.2) is 0 Å². The van der Waals surface area contributed by atoms with E-state index in [1.165, 1.54) is 6.20 Å². The number of rotatable bonds is 3. The van der Waals surface area contributed by atoms with Gasteiger partial charge in [0.05, 0.1) is 17.3 Å². The molecule has 0 aromatic carbocycles. The number of halogens is 1. The molecule has 2 aromatic heterocycles. The number of hydrogen-bond acceptors (Lipinski definition) is 3. The summed E-state index contributed by atoms with van der Waals surface area (Å²) in [5.74, 6) is -0.240. The van der Waals surface area contributed by atoms with Crippen LogP contribution in [0.15, 0.2) is 30.7 Å². The first-order chi connectivity index (χ1) is 8.16. The predicted molar refractivity (Wildman–Crippen MR) is 63.7 cm³/mol.